The molecule has 29 heavy (non-hydrogen) atoms. The van der Waals surface area contributed by atoms with E-state index in [0.717, 1.165) is 35.5 Å². The molecule has 0 saturated carbocycles. The Morgan fingerprint density at radius 3 is 2.00 bits per heavy atom. The summed E-state index contributed by atoms with van der Waals surface area (Å²) in [5, 5.41) is 12.3. The average Bonchev–Trinajstić information content (AvgIpc) is 2.65. The van der Waals surface area contributed by atoms with Gasteiger partial charge < -0.3 is 10.4 Å². The summed E-state index contributed by atoms with van der Waals surface area (Å²) in [6.45, 7) is 16.5. The van der Waals surface area contributed by atoms with Crippen molar-refractivity contribution in [3.8, 4) is 5.75 Å². The third kappa shape index (κ3) is 8.88. The van der Waals surface area contributed by atoms with E-state index in [-0.39, 0.29) is 18.3 Å². The van der Waals surface area contributed by atoms with E-state index in [2.05, 4.69) is 44.0 Å². The number of likely N-dealkylation sites (N-methyl/N-ethyl adjacent to an activating group) is 1. The van der Waals surface area contributed by atoms with E-state index in [1.54, 1.807) is 0 Å². The monoisotopic (exact) mass is 420 g/mol. The lowest BCUT2D eigenvalue weighted by Crippen LogP contribution is -2.33. The second-order valence-corrected chi connectivity index (χ2v) is 7.48. The van der Waals surface area contributed by atoms with E-state index < -0.39 is 0 Å². The Balaban J connectivity index is 0.000000568. The highest BCUT2D eigenvalue weighted by Crippen LogP contribution is 2.22. The van der Waals surface area contributed by atoms with Crippen molar-refractivity contribution in [1.82, 2.24) is 4.90 Å². The summed E-state index contributed by atoms with van der Waals surface area (Å²) in [7, 11) is 0. The van der Waals surface area contributed by atoms with Crippen LogP contribution in [0.4, 0.5) is 5.69 Å². The third-order valence-corrected chi connectivity index (χ3v) is 4.91. The fraction of sp³-hybridized carbons (Fsp3) is 0.458. The van der Waals surface area contributed by atoms with Crippen LogP contribution in [0.15, 0.2) is 36.4 Å². The van der Waals surface area contributed by atoms with Crippen molar-refractivity contribution in [3.05, 3.63) is 58.7 Å². The topological polar surface area (TPSA) is 52.6 Å². The number of benzene rings is 2. The molecule has 0 radical (unpaired) electrons. The fourth-order valence-electron chi connectivity index (χ4n) is 2.83. The average molecular weight is 421 g/mol. The molecule has 0 fully saturated rings. The smallest absolute Gasteiger partial charge is 0.238 e. The number of aromatic hydroxyl groups is 1. The molecule has 0 aliphatic rings. The molecule has 2 rings (SSSR count). The van der Waals surface area contributed by atoms with Gasteiger partial charge in [-0.1, -0.05) is 58.0 Å². The quantitative estimate of drug-likeness (QED) is 0.618. The summed E-state index contributed by atoms with van der Waals surface area (Å²) < 4.78 is 0. The van der Waals surface area contributed by atoms with Crippen molar-refractivity contribution in [2.24, 2.45) is 0 Å². The van der Waals surface area contributed by atoms with Crippen molar-refractivity contribution < 1.29 is 9.90 Å². The van der Waals surface area contributed by atoms with Crippen molar-refractivity contribution in [2.45, 2.75) is 54.4 Å². The first-order valence-corrected chi connectivity index (χ1v) is 10.1. The molecule has 0 saturated heterocycles. The summed E-state index contributed by atoms with van der Waals surface area (Å²) >= 11 is 0. The van der Waals surface area contributed by atoms with E-state index in [0.29, 0.717) is 18.2 Å². The van der Waals surface area contributed by atoms with E-state index in [1.807, 2.05) is 51.1 Å². The maximum absolute atomic E-state index is 11.9. The number of rotatable bonds is 6. The van der Waals surface area contributed by atoms with Crippen molar-refractivity contribution in [1.29, 1.82) is 0 Å². The van der Waals surface area contributed by atoms with Gasteiger partial charge in [0.25, 0.3) is 0 Å². The molecule has 2 aromatic carbocycles. The number of para-hydroxylation sites is 1. The molecule has 2 N–H and O–H groups in total. The number of carbonyl (C=O) groups is 1. The molecular weight excluding hydrogens is 384 g/mol. The lowest BCUT2D eigenvalue weighted by molar-refractivity contribution is -0.117. The maximum Gasteiger partial charge on any atom is 0.238 e. The predicted molar refractivity (Wildman–Crippen MR) is 127 cm³/mol. The van der Waals surface area contributed by atoms with E-state index >= 15 is 0 Å². The zero-order chi connectivity index (χ0) is 21.3. The van der Waals surface area contributed by atoms with E-state index in [4.69, 9.17) is 0 Å². The number of aryl methyl sites for hydroxylation is 3. The molecule has 0 atom stereocenters. The second-order valence-electron chi connectivity index (χ2n) is 7.48. The number of hydrogen-bond acceptors (Lipinski definition) is 3. The number of anilines is 1. The van der Waals surface area contributed by atoms with Crippen LogP contribution in [0.5, 0.6) is 5.75 Å². The highest BCUT2D eigenvalue weighted by molar-refractivity contribution is 5.93. The molecular formula is C24H37ClN2O2. The molecule has 162 valence electrons. The number of nitrogens with zero attached hydrogens (tertiary/aromatic N) is 1. The Bertz CT molecular complexity index is 751. The molecule has 0 heterocycles. The summed E-state index contributed by atoms with van der Waals surface area (Å²) in [5.74, 6) is 0.948. The minimum absolute atomic E-state index is 0. The van der Waals surface area contributed by atoms with Gasteiger partial charge in [0.05, 0.1) is 6.54 Å². The van der Waals surface area contributed by atoms with Crippen LogP contribution in [0, 0.1) is 20.8 Å². The largest absolute Gasteiger partial charge is 0.508 e. The Morgan fingerprint density at radius 1 is 1.00 bits per heavy atom. The number of amides is 1. The Morgan fingerprint density at radius 2 is 1.55 bits per heavy atom. The van der Waals surface area contributed by atoms with E-state index in [9.17, 15) is 9.90 Å². The molecule has 2 aromatic rings. The Labute approximate surface area is 182 Å². The molecule has 1 amide bonds. The fourth-order valence-corrected chi connectivity index (χ4v) is 2.83. The van der Waals surface area contributed by atoms with Crippen LogP contribution >= 0.6 is 12.4 Å². The van der Waals surface area contributed by atoms with Gasteiger partial charge in [-0.05, 0) is 68.1 Å². The molecule has 5 heteroatoms. The number of halogens is 1. The highest BCUT2D eigenvalue weighted by Gasteiger charge is 2.10. The van der Waals surface area contributed by atoms with Gasteiger partial charge in [-0.15, -0.1) is 12.4 Å². The molecule has 0 spiro atoms. The van der Waals surface area contributed by atoms with Crippen LogP contribution in [0.2, 0.25) is 0 Å². The first kappa shape index (κ1) is 27.0. The van der Waals surface area contributed by atoms with Gasteiger partial charge in [0.2, 0.25) is 5.91 Å². The van der Waals surface area contributed by atoms with Gasteiger partial charge in [-0.2, -0.15) is 0 Å². The van der Waals surface area contributed by atoms with Crippen molar-refractivity contribution >= 4 is 24.0 Å². The first-order valence-electron chi connectivity index (χ1n) is 10.1. The van der Waals surface area contributed by atoms with Crippen LogP contribution in [0.1, 0.15) is 55.9 Å². The van der Waals surface area contributed by atoms with Gasteiger partial charge in [-0.3, -0.25) is 9.69 Å². The first-order chi connectivity index (χ1) is 13.2. The summed E-state index contributed by atoms with van der Waals surface area (Å²) in [4.78, 5) is 14.0. The SMILES string of the molecule is CCN(CC)CC(=O)Nc1c(C)cccc1C.Cc1ccc(C(C)C)cc1O.Cl. The van der Waals surface area contributed by atoms with Crippen LogP contribution < -0.4 is 5.32 Å². The predicted octanol–water partition coefficient (Wildman–Crippen LogP) is 5.83. The number of phenolic OH excluding ortho intramolecular Hbond substituents is 1. The van der Waals surface area contributed by atoms with E-state index in [1.165, 1.54) is 5.56 Å². The van der Waals surface area contributed by atoms with Crippen LogP contribution in [-0.2, 0) is 4.79 Å². The molecule has 4 nitrogen and oxygen atoms in total. The van der Waals surface area contributed by atoms with Gasteiger partial charge in [-0.25, -0.2) is 0 Å². The zero-order valence-electron chi connectivity index (χ0n) is 18.9. The minimum Gasteiger partial charge on any atom is -0.508 e. The lowest BCUT2D eigenvalue weighted by atomic mass is 10.0. The second kappa shape index (κ2) is 13.2. The van der Waals surface area contributed by atoms with Crippen molar-refractivity contribution in [2.75, 3.05) is 25.0 Å². The Hall–Kier alpha value is -2.04. The molecule has 0 aromatic heterocycles. The Kier molecular flexibility index (Phi) is 12.3. The van der Waals surface area contributed by atoms with Gasteiger partial charge >= 0.3 is 0 Å². The third-order valence-electron chi connectivity index (χ3n) is 4.91. The maximum atomic E-state index is 11.9. The summed E-state index contributed by atoms with van der Waals surface area (Å²) in [6, 6.07) is 11.9. The number of phenols is 1. The highest BCUT2D eigenvalue weighted by atomic mass is 35.5. The number of hydrogen-bond donors (Lipinski definition) is 2. The van der Waals surface area contributed by atoms with Crippen molar-refractivity contribution in [3.63, 3.8) is 0 Å². The number of nitrogens with one attached hydrogen (secondary N) is 1. The number of carbonyl (C=O) groups excluding carboxylic acids is 1. The molecule has 0 aliphatic carbocycles. The van der Waals surface area contributed by atoms with Crippen LogP contribution in [-0.4, -0.2) is 35.5 Å². The summed E-state index contributed by atoms with van der Waals surface area (Å²) in [5.41, 5.74) is 5.29. The van der Waals surface area contributed by atoms with Gasteiger partial charge in [0.1, 0.15) is 5.75 Å². The molecule has 0 bridgehead atoms. The van der Waals surface area contributed by atoms with Gasteiger partial charge in [0, 0.05) is 5.69 Å². The van der Waals surface area contributed by atoms with Crippen LogP contribution in [0.25, 0.3) is 0 Å². The standard InChI is InChI=1S/C14H22N2O.C10H14O.ClH/c1-5-16(6-2)10-13(17)15-14-11(3)8-7-9-12(14)4;1-7(2)9-5-4-8(3)10(11)6-9;/h7-9H,5-6,10H2,1-4H3,(H,15,17);4-7,11H,1-3H3;1H. The summed E-state index contributed by atoms with van der Waals surface area (Å²) in [6.07, 6.45) is 0. The normalized spacial score (nSPS) is 10.2. The minimum atomic E-state index is 0. The lowest BCUT2D eigenvalue weighted by Gasteiger charge is -2.18. The van der Waals surface area contributed by atoms with Crippen LogP contribution in [0.3, 0.4) is 0 Å². The van der Waals surface area contributed by atoms with Gasteiger partial charge in [0.15, 0.2) is 0 Å². The molecule has 0 aliphatic heterocycles. The zero-order valence-corrected chi connectivity index (χ0v) is 19.7. The molecule has 0 unspecified atom stereocenters.